The van der Waals surface area contributed by atoms with Gasteiger partial charge in [0.15, 0.2) is 22.1 Å². The third-order valence-electron chi connectivity index (χ3n) is 8.72. The van der Waals surface area contributed by atoms with Crippen molar-refractivity contribution in [3.8, 4) is 0 Å². The Bertz CT molecular complexity index is 1160. The maximum atomic E-state index is 2.54. The minimum atomic E-state index is 0.846. The molecule has 2 aliphatic carbocycles. The summed E-state index contributed by atoms with van der Waals surface area (Å²) < 4.78 is 10.1. The van der Waals surface area contributed by atoms with Crippen molar-refractivity contribution in [3.63, 3.8) is 0 Å². The standard InChI is InChI=1S/C31H42N4/c1-3-12-26(13-4-1)22-34-24-32(28-16-7-9-18-30(28)34)20-11-21-33-25-35(23-27-14-5-2-6-15-27)31-19-10-8-17-29(31)33/h7-10,16-19,24-27H,1-6,11-15,20-23H2/q+2. The number of aryl methyl sites for hydroxylation is 2. The third-order valence-corrected chi connectivity index (χ3v) is 8.72. The maximum Gasteiger partial charge on any atom is 0.244 e. The topological polar surface area (TPSA) is 17.6 Å². The van der Waals surface area contributed by atoms with Crippen LogP contribution in [0.25, 0.3) is 22.1 Å². The lowest BCUT2D eigenvalue weighted by Crippen LogP contribution is -2.37. The second kappa shape index (κ2) is 10.6. The average molecular weight is 471 g/mol. The highest BCUT2D eigenvalue weighted by atomic mass is 15.2. The van der Waals surface area contributed by atoms with Gasteiger partial charge in [0.25, 0.3) is 0 Å². The summed E-state index contributed by atoms with van der Waals surface area (Å²) in [6, 6.07) is 18.0. The van der Waals surface area contributed by atoms with Gasteiger partial charge < -0.3 is 0 Å². The van der Waals surface area contributed by atoms with Crippen LogP contribution >= 0.6 is 0 Å². The molecule has 2 fully saturated rings. The van der Waals surface area contributed by atoms with Gasteiger partial charge in [-0.3, -0.25) is 0 Å². The number of nitrogens with zero attached hydrogens (tertiary/aromatic N) is 4. The molecule has 0 radical (unpaired) electrons. The van der Waals surface area contributed by atoms with Crippen molar-refractivity contribution >= 4 is 22.1 Å². The van der Waals surface area contributed by atoms with Crippen LogP contribution in [-0.2, 0) is 26.2 Å². The number of rotatable bonds is 8. The number of hydrogen-bond acceptors (Lipinski definition) is 0. The maximum absolute atomic E-state index is 2.54. The van der Waals surface area contributed by atoms with Crippen LogP contribution < -0.4 is 9.13 Å². The number of hydrogen-bond donors (Lipinski definition) is 0. The molecule has 0 N–H and O–H groups in total. The van der Waals surface area contributed by atoms with E-state index >= 15 is 0 Å². The summed E-state index contributed by atoms with van der Waals surface area (Å²) in [6.45, 7) is 4.48. The summed E-state index contributed by atoms with van der Waals surface area (Å²) in [5, 5.41) is 0. The molecule has 0 unspecified atom stereocenters. The van der Waals surface area contributed by atoms with Crippen molar-refractivity contribution in [2.24, 2.45) is 11.8 Å². The molecule has 4 aromatic rings. The Hall–Kier alpha value is -2.62. The molecule has 2 aromatic carbocycles. The van der Waals surface area contributed by atoms with Crippen molar-refractivity contribution in [1.29, 1.82) is 0 Å². The van der Waals surface area contributed by atoms with Crippen LogP contribution in [0.3, 0.4) is 0 Å². The first kappa shape index (κ1) is 22.8. The summed E-state index contributed by atoms with van der Waals surface area (Å²) in [5.74, 6) is 1.69. The van der Waals surface area contributed by atoms with Crippen LogP contribution in [0.1, 0.15) is 70.6 Å². The first-order valence-corrected chi connectivity index (χ1v) is 14.3. The van der Waals surface area contributed by atoms with Gasteiger partial charge in [-0.15, -0.1) is 0 Å². The molecule has 2 heterocycles. The first-order valence-electron chi connectivity index (χ1n) is 14.3. The van der Waals surface area contributed by atoms with Gasteiger partial charge in [0, 0.05) is 6.42 Å². The van der Waals surface area contributed by atoms with Crippen LogP contribution in [0, 0.1) is 11.8 Å². The molecule has 0 aliphatic heterocycles. The number of imidazole rings is 2. The quantitative estimate of drug-likeness (QED) is 0.264. The van der Waals surface area contributed by atoms with Gasteiger partial charge in [-0.1, -0.05) is 62.8 Å². The molecule has 0 amide bonds. The van der Waals surface area contributed by atoms with E-state index < -0.39 is 0 Å². The summed E-state index contributed by atoms with van der Waals surface area (Å²) in [4.78, 5) is 0. The molecular formula is C31H42N4+2. The average Bonchev–Trinajstić information content (AvgIpc) is 3.44. The number of para-hydroxylation sites is 4. The fourth-order valence-electron chi connectivity index (χ4n) is 6.84. The highest BCUT2D eigenvalue weighted by Crippen LogP contribution is 2.25. The molecule has 0 bridgehead atoms. The summed E-state index contributed by atoms with van der Waals surface area (Å²) in [6.07, 6.45) is 20.0. The molecule has 2 aromatic heterocycles. The fourth-order valence-corrected chi connectivity index (χ4v) is 6.84. The Morgan fingerprint density at radius 2 is 1.00 bits per heavy atom. The second-order valence-electron chi connectivity index (χ2n) is 11.3. The van der Waals surface area contributed by atoms with Crippen molar-refractivity contribution in [2.45, 2.75) is 96.8 Å². The van der Waals surface area contributed by atoms with E-state index in [0.717, 1.165) is 31.3 Å². The van der Waals surface area contributed by atoms with Crippen LogP contribution in [-0.4, -0.2) is 9.13 Å². The third kappa shape index (κ3) is 5.03. The molecule has 184 valence electrons. The zero-order valence-electron chi connectivity index (χ0n) is 21.3. The van der Waals surface area contributed by atoms with Gasteiger partial charge in [-0.25, -0.2) is 18.3 Å². The largest absolute Gasteiger partial charge is 0.244 e. The van der Waals surface area contributed by atoms with E-state index in [1.807, 2.05) is 0 Å². The zero-order valence-corrected chi connectivity index (χ0v) is 21.3. The summed E-state index contributed by atoms with van der Waals surface area (Å²) in [5.41, 5.74) is 5.56. The monoisotopic (exact) mass is 470 g/mol. The van der Waals surface area contributed by atoms with Gasteiger partial charge in [-0.2, -0.15) is 0 Å². The van der Waals surface area contributed by atoms with Gasteiger partial charge in [0.05, 0.1) is 26.2 Å². The lowest BCUT2D eigenvalue weighted by atomic mass is 9.89. The molecule has 0 saturated heterocycles. The van der Waals surface area contributed by atoms with Crippen LogP contribution in [0.2, 0.25) is 0 Å². The Kier molecular flexibility index (Phi) is 6.88. The highest BCUT2D eigenvalue weighted by molar-refractivity contribution is 5.72. The molecule has 2 aliphatic rings. The van der Waals surface area contributed by atoms with Crippen LogP contribution in [0.5, 0.6) is 0 Å². The fraction of sp³-hybridized carbons (Fsp3) is 0.548. The lowest BCUT2D eigenvalue weighted by Gasteiger charge is -2.19. The Morgan fingerprint density at radius 3 is 1.46 bits per heavy atom. The minimum absolute atomic E-state index is 0.846. The van der Waals surface area contributed by atoms with Crippen LogP contribution in [0.4, 0.5) is 0 Å². The van der Waals surface area contributed by atoms with Crippen LogP contribution in [0.15, 0.2) is 61.2 Å². The molecule has 0 spiro atoms. The van der Waals surface area contributed by atoms with Crippen molar-refractivity contribution in [1.82, 2.24) is 9.13 Å². The van der Waals surface area contributed by atoms with E-state index in [0.29, 0.717) is 0 Å². The first-order chi connectivity index (χ1) is 17.3. The Labute approximate surface area is 210 Å². The van der Waals surface area contributed by atoms with E-state index in [4.69, 9.17) is 0 Å². The number of benzene rings is 2. The minimum Gasteiger partial charge on any atom is -0.230 e. The van der Waals surface area contributed by atoms with Crippen molar-refractivity contribution < 1.29 is 9.13 Å². The predicted molar refractivity (Wildman–Crippen MR) is 142 cm³/mol. The summed E-state index contributed by atoms with van der Waals surface area (Å²) >= 11 is 0. The molecule has 35 heavy (non-hydrogen) atoms. The highest BCUT2D eigenvalue weighted by Gasteiger charge is 2.23. The Balaban J connectivity index is 1.17. The second-order valence-corrected chi connectivity index (χ2v) is 11.3. The van der Waals surface area contributed by atoms with Gasteiger partial charge in [0.1, 0.15) is 0 Å². The molecule has 2 saturated carbocycles. The van der Waals surface area contributed by atoms with E-state index in [1.165, 1.54) is 99.4 Å². The molecule has 4 heteroatoms. The van der Waals surface area contributed by atoms with E-state index in [-0.39, 0.29) is 0 Å². The van der Waals surface area contributed by atoms with Crippen molar-refractivity contribution in [3.05, 3.63) is 61.2 Å². The summed E-state index contributed by atoms with van der Waals surface area (Å²) in [7, 11) is 0. The van der Waals surface area contributed by atoms with E-state index in [2.05, 4.69) is 79.5 Å². The smallest absolute Gasteiger partial charge is 0.230 e. The van der Waals surface area contributed by atoms with E-state index in [9.17, 15) is 0 Å². The zero-order chi connectivity index (χ0) is 23.5. The molecule has 0 atom stereocenters. The number of aromatic nitrogens is 4. The van der Waals surface area contributed by atoms with Gasteiger partial charge >= 0.3 is 0 Å². The molecular weight excluding hydrogens is 428 g/mol. The van der Waals surface area contributed by atoms with E-state index in [1.54, 1.807) is 0 Å². The van der Waals surface area contributed by atoms with Gasteiger partial charge in [0.2, 0.25) is 12.7 Å². The lowest BCUT2D eigenvalue weighted by molar-refractivity contribution is -0.679. The predicted octanol–water partition coefficient (Wildman–Crippen LogP) is 6.42. The SMILES string of the molecule is c1ccc2c(c1)n(CCCn1c[n+](CC3CCCCC3)c3ccccc31)c[n+]2CC1CCCCC1. The number of fused-ring (bicyclic) bond motifs is 2. The normalized spacial score (nSPS) is 18.1. The Morgan fingerprint density at radius 1 is 0.571 bits per heavy atom. The van der Waals surface area contributed by atoms with Gasteiger partial charge in [-0.05, 0) is 61.8 Å². The van der Waals surface area contributed by atoms with Crippen molar-refractivity contribution in [2.75, 3.05) is 0 Å². The molecule has 6 rings (SSSR count). The molecule has 4 nitrogen and oxygen atoms in total.